The van der Waals surface area contributed by atoms with Crippen molar-refractivity contribution in [1.29, 1.82) is 0 Å². The van der Waals surface area contributed by atoms with Gasteiger partial charge in [-0.2, -0.15) is 0 Å². The Hall–Kier alpha value is -1.25. The molecule has 129 valence electrons. The minimum Gasteiger partial charge on any atom is -0.368 e. The molecule has 1 radical (unpaired) electrons. The highest BCUT2D eigenvalue weighted by Gasteiger charge is 2.31. The molecular formula is C16H23BrN5OSi. The standard InChI is InChI=1S/C16H23BrN5OSi/c1-24(2)9-3-8-23-10-22-13(12-6-7-19-16(18)20-12)14(17)21-15(22)11-4-5-11/h6-7,11H,3-5,8-10H2,1-2H3,(H2,18,19,20). The number of ether oxygens (including phenoxy) is 1. The topological polar surface area (TPSA) is 78.8 Å². The van der Waals surface area contributed by atoms with Gasteiger partial charge in [-0.3, -0.25) is 0 Å². The first-order valence-electron chi connectivity index (χ1n) is 8.28. The van der Waals surface area contributed by atoms with Crippen molar-refractivity contribution in [2.24, 2.45) is 0 Å². The highest BCUT2D eigenvalue weighted by molar-refractivity contribution is 9.10. The average Bonchev–Trinajstić information content (AvgIpc) is 3.31. The molecule has 0 aliphatic heterocycles. The van der Waals surface area contributed by atoms with E-state index in [9.17, 15) is 0 Å². The van der Waals surface area contributed by atoms with Crippen molar-refractivity contribution in [2.45, 2.75) is 51.0 Å². The van der Waals surface area contributed by atoms with Crippen molar-refractivity contribution >= 4 is 30.7 Å². The lowest BCUT2D eigenvalue weighted by atomic mass is 10.3. The number of imidazole rings is 1. The van der Waals surface area contributed by atoms with Gasteiger partial charge in [0.15, 0.2) is 0 Å². The third kappa shape index (κ3) is 4.23. The average molecular weight is 409 g/mol. The third-order valence-corrected chi connectivity index (χ3v) is 5.91. The molecule has 8 heteroatoms. The number of hydrogen-bond donors (Lipinski definition) is 1. The van der Waals surface area contributed by atoms with Crippen LogP contribution in [-0.4, -0.2) is 34.9 Å². The molecule has 6 nitrogen and oxygen atoms in total. The summed E-state index contributed by atoms with van der Waals surface area (Å²) in [6.45, 7) is 5.95. The van der Waals surface area contributed by atoms with E-state index >= 15 is 0 Å². The van der Waals surface area contributed by atoms with E-state index in [1.165, 1.54) is 18.9 Å². The van der Waals surface area contributed by atoms with Gasteiger partial charge in [-0.1, -0.05) is 19.1 Å². The predicted octanol–water partition coefficient (Wildman–Crippen LogP) is 3.68. The first-order chi connectivity index (χ1) is 11.6. The van der Waals surface area contributed by atoms with Gasteiger partial charge in [0, 0.05) is 27.5 Å². The Morgan fingerprint density at radius 3 is 2.83 bits per heavy atom. The summed E-state index contributed by atoms with van der Waals surface area (Å²) in [5.74, 6) is 1.87. The Bertz CT molecular complexity index is 702. The van der Waals surface area contributed by atoms with Crippen LogP contribution in [0.3, 0.4) is 0 Å². The zero-order valence-electron chi connectivity index (χ0n) is 14.1. The van der Waals surface area contributed by atoms with E-state index in [0.29, 0.717) is 12.6 Å². The first kappa shape index (κ1) is 17.6. The summed E-state index contributed by atoms with van der Waals surface area (Å²) in [6, 6.07) is 3.14. The Labute approximate surface area is 152 Å². The van der Waals surface area contributed by atoms with Gasteiger partial charge in [0.1, 0.15) is 22.9 Å². The molecule has 0 spiro atoms. The van der Waals surface area contributed by atoms with E-state index in [0.717, 1.165) is 34.8 Å². The van der Waals surface area contributed by atoms with Crippen LogP contribution in [0.5, 0.6) is 0 Å². The molecule has 2 aromatic rings. The molecule has 2 heterocycles. The fraction of sp³-hybridized carbons (Fsp3) is 0.562. The highest BCUT2D eigenvalue weighted by atomic mass is 79.9. The van der Waals surface area contributed by atoms with Gasteiger partial charge >= 0.3 is 0 Å². The van der Waals surface area contributed by atoms with Crippen LogP contribution in [-0.2, 0) is 11.5 Å². The number of halogens is 1. The summed E-state index contributed by atoms with van der Waals surface area (Å²) in [5.41, 5.74) is 7.43. The number of anilines is 1. The molecule has 0 bridgehead atoms. The lowest BCUT2D eigenvalue weighted by Gasteiger charge is -2.13. The quantitative estimate of drug-likeness (QED) is 0.532. The fourth-order valence-corrected chi connectivity index (χ4v) is 4.11. The lowest BCUT2D eigenvalue weighted by molar-refractivity contribution is 0.0764. The summed E-state index contributed by atoms with van der Waals surface area (Å²) >= 11 is 3.58. The third-order valence-electron chi connectivity index (χ3n) is 4.00. The molecule has 2 aromatic heterocycles. The van der Waals surface area contributed by atoms with E-state index in [4.69, 9.17) is 15.5 Å². The van der Waals surface area contributed by atoms with E-state index in [-0.39, 0.29) is 14.7 Å². The fourth-order valence-electron chi connectivity index (χ4n) is 2.66. The van der Waals surface area contributed by atoms with Crippen LogP contribution in [0.15, 0.2) is 16.9 Å². The van der Waals surface area contributed by atoms with Crippen LogP contribution in [0.1, 0.15) is 31.0 Å². The van der Waals surface area contributed by atoms with Crippen molar-refractivity contribution in [3.63, 3.8) is 0 Å². The zero-order valence-corrected chi connectivity index (χ0v) is 16.7. The summed E-state index contributed by atoms with van der Waals surface area (Å²) in [4.78, 5) is 13.0. The maximum absolute atomic E-state index is 5.94. The monoisotopic (exact) mass is 408 g/mol. The van der Waals surface area contributed by atoms with E-state index in [2.05, 4.69) is 43.6 Å². The SMILES string of the molecule is C[Si](C)CCCOCn1c(C2CC2)nc(Br)c1-c1ccnc(N)n1. The smallest absolute Gasteiger partial charge is 0.220 e. The van der Waals surface area contributed by atoms with Gasteiger partial charge in [0.2, 0.25) is 5.95 Å². The summed E-state index contributed by atoms with van der Waals surface area (Å²) in [7, 11) is -0.179. The van der Waals surface area contributed by atoms with Crippen LogP contribution >= 0.6 is 15.9 Å². The minimum atomic E-state index is -0.179. The second-order valence-corrected chi connectivity index (χ2v) is 10.1. The number of nitrogens with two attached hydrogens (primary N) is 1. The molecule has 0 amide bonds. The van der Waals surface area contributed by atoms with Gasteiger partial charge in [-0.25, -0.2) is 15.0 Å². The Kier molecular flexibility index (Phi) is 5.67. The molecule has 1 fully saturated rings. The molecular weight excluding hydrogens is 386 g/mol. The normalized spacial score (nSPS) is 14.5. The molecule has 1 aliphatic carbocycles. The summed E-state index contributed by atoms with van der Waals surface area (Å²) < 4.78 is 8.86. The molecule has 1 saturated carbocycles. The van der Waals surface area contributed by atoms with Gasteiger partial charge < -0.3 is 15.0 Å². The largest absolute Gasteiger partial charge is 0.368 e. The molecule has 2 N–H and O–H groups in total. The van der Waals surface area contributed by atoms with Crippen molar-refractivity contribution in [3.05, 3.63) is 22.7 Å². The molecule has 0 saturated heterocycles. The van der Waals surface area contributed by atoms with Crippen molar-refractivity contribution in [1.82, 2.24) is 19.5 Å². The van der Waals surface area contributed by atoms with Gasteiger partial charge in [-0.15, -0.1) is 0 Å². The Balaban J connectivity index is 1.80. The highest BCUT2D eigenvalue weighted by Crippen LogP contribution is 2.42. The lowest BCUT2D eigenvalue weighted by Crippen LogP contribution is -2.10. The van der Waals surface area contributed by atoms with Crippen LogP contribution < -0.4 is 5.73 Å². The number of aromatic nitrogens is 4. The molecule has 1 aliphatic rings. The minimum absolute atomic E-state index is 0.179. The van der Waals surface area contributed by atoms with E-state index in [1.54, 1.807) is 6.20 Å². The van der Waals surface area contributed by atoms with Gasteiger partial charge in [-0.05, 0) is 41.3 Å². The first-order valence-corrected chi connectivity index (χ1v) is 11.8. The van der Waals surface area contributed by atoms with E-state index < -0.39 is 0 Å². The summed E-state index contributed by atoms with van der Waals surface area (Å²) in [6.07, 6.45) is 5.16. The van der Waals surface area contributed by atoms with E-state index in [1.807, 2.05) is 6.07 Å². The molecule has 3 rings (SSSR count). The molecule has 0 aromatic carbocycles. The number of hydrogen-bond acceptors (Lipinski definition) is 5. The Morgan fingerprint density at radius 2 is 2.17 bits per heavy atom. The second kappa shape index (κ2) is 7.75. The molecule has 24 heavy (non-hydrogen) atoms. The van der Waals surface area contributed by atoms with Gasteiger partial charge in [0.25, 0.3) is 0 Å². The molecule has 0 atom stereocenters. The van der Waals surface area contributed by atoms with Crippen LogP contribution in [0.4, 0.5) is 5.95 Å². The van der Waals surface area contributed by atoms with Crippen molar-refractivity contribution in [2.75, 3.05) is 12.3 Å². The second-order valence-electron chi connectivity index (χ2n) is 6.46. The maximum atomic E-state index is 5.94. The number of nitrogens with zero attached hydrogens (tertiary/aromatic N) is 4. The number of nitrogen functional groups attached to an aromatic ring is 1. The Morgan fingerprint density at radius 1 is 1.38 bits per heavy atom. The van der Waals surface area contributed by atoms with Crippen LogP contribution in [0.25, 0.3) is 11.4 Å². The van der Waals surface area contributed by atoms with Crippen LogP contribution in [0, 0.1) is 0 Å². The predicted molar refractivity (Wildman–Crippen MR) is 100 cm³/mol. The maximum Gasteiger partial charge on any atom is 0.220 e. The van der Waals surface area contributed by atoms with Gasteiger partial charge in [0.05, 0.1) is 5.69 Å². The van der Waals surface area contributed by atoms with Crippen LogP contribution in [0.2, 0.25) is 19.1 Å². The molecule has 0 unspecified atom stereocenters. The summed E-state index contributed by atoms with van der Waals surface area (Å²) in [5, 5.41) is 0. The van der Waals surface area contributed by atoms with Crippen molar-refractivity contribution in [3.8, 4) is 11.4 Å². The van der Waals surface area contributed by atoms with Crippen molar-refractivity contribution < 1.29 is 4.74 Å². The zero-order chi connectivity index (χ0) is 17.1. The number of rotatable bonds is 8.